The van der Waals surface area contributed by atoms with Gasteiger partial charge in [0.25, 0.3) is 0 Å². The van der Waals surface area contributed by atoms with Crippen LogP contribution in [0, 0.1) is 23.7 Å². The van der Waals surface area contributed by atoms with Gasteiger partial charge < -0.3 is 15.5 Å². The molecule has 3 aliphatic rings. The Labute approximate surface area is 182 Å². The number of likely N-dealkylation sites (tertiary alicyclic amines) is 1. The van der Waals surface area contributed by atoms with E-state index in [0.717, 1.165) is 49.9 Å². The molecule has 0 spiro atoms. The van der Waals surface area contributed by atoms with Crippen LogP contribution in [0.25, 0.3) is 0 Å². The summed E-state index contributed by atoms with van der Waals surface area (Å²) in [7, 11) is 0. The van der Waals surface area contributed by atoms with E-state index >= 15 is 0 Å². The molecule has 2 saturated carbocycles. The maximum absolute atomic E-state index is 12.2. The molecule has 1 saturated heterocycles. The van der Waals surface area contributed by atoms with Crippen molar-refractivity contribution in [1.82, 2.24) is 15.5 Å². The van der Waals surface area contributed by atoms with Gasteiger partial charge in [-0.25, -0.2) is 4.99 Å². The lowest BCUT2D eigenvalue weighted by Gasteiger charge is -2.26. The summed E-state index contributed by atoms with van der Waals surface area (Å²) in [4.78, 5) is 19.3. The normalized spacial score (nSPS) is 26.0. The zero-order valence-electron chi connectivity index (χ0n) is 17.9. The molecule has 5 nitrogen and oxygen atoms in total. The maximum Gasteiger partial charge on any atom is 0.241 e. The number of hydrogen-bond donors (Lipinski definition) is 2. The molecule has 0 aromatic carbocycles. The molecular formula is C22H41BrN4O. The second-order valence-corrected chi connectivity index (χ2v) is 9.43. The number of guanidine groups is 1. The fraction of sp³-hybridized carbons (Fsp3) is 0.909. The topological polar surface area (TPSA) is 56.7 Å². The average molecular weight is 458 g/mol. The van der Waals surface area contributed by atoms with Crippen LogP contribution >= 0.6 is 17.0 Å². The van der Waals surface area contributed by atoms with E-state index in [2.05, 4.69) is 29.4 Å². The SMILES string of the molecule is Br.CC(C)CNC(=O)CN=C(NCC1CCCCC1)N1C[C@H]2CCCC[C@H]2C1. The van der Waals surface area contributed by atoms with Crippen LogP contribution in [0.3, 0.4) is 0 Å². The first kappa shape index (κ1) is 23.5. The summed E-state index contributed by atoms with van der Waals surface area (Å²) in [6, 6.07) is 0. The van der Waals surface area contributed by atoms with E-state index in [1.807, 2.05) is 0 Å². The van der Waals surface area contributed by atoms with Gasteiger partial charge in [-0.2, -0.15) is 0 Å². The number of nitrogens with zero attached hydrogens (tertiary/aromatic N) is 2. The molecule has 0 aromatic heterocycles. The van der Waals surface area contributed by atoms with Crippen molar-refractivity contribution in [2.24, 2.45) is 28.7 Å². The number of hydrogen-bond acceptors (Lipinski definition) is 2. The van der Waals surface area contributed by atoms with E-state index in [1.165, 1.54) is 57.8 Å². The second-order valence-electron chi connectivity index (χ2n) is 9.43. The van der Waals surface area contributed by atoms with E-state index < -0.39 is 0 Å². The van der Waals surface area contributed by atoms with E-state index in [-0.39, 0.29) is 29.4 Å². The molecule has 0 aromatic rings. The van der Waals surface area contributed by atoms with Crippen LogP contribution in [0.2, 0.25) is 0 Å². The highest BCUT2D eigenvalue weighted by atomic mass is 79.9. The van der Waals surface area contributed by atoms with E-state index in [4.69, 9.17) is 4.99 Å². The Morgan fingerprint density at radius 1 is 0.964 bits per heavy atom. The molecule has 1 aliphatic heterocycles. The molecule has 3 rings (SSSR count). The molecule has 1 heterocycles. The molecule has 6 heteroatoms. The van der Waals surface area contributed by atoms with Crippen LogP contribution in [0.1, 0.15) is 71.6 Å². The minimum Gasteiger partial charge on any atom is -0.356 e. The Balaban J connectivity index is 0.00000280. The van der Waals surface area contributed by atoms with E-state index in [1.54, 1.807) is 0 Å². The number of carbonyl (C=O) groups is 1. The van der Waals surface area contributed by atoms with Gasteiger partial charge in [0.15, 0.2) is 5.96 Å². The second kappa shape index (κ2) is 12.0. The molecule has 0 bridgehead atoms. The minimum atomic E-state index is 0. The predicted octanol–water partition coefficient (Wildman–Crippen LogP) is 3.98. The van der Waals surface area contributed by atoms with Crippen molar-refractivity contribution in [2.75, 3.05) is 32.7 Å². The summed E-state index contributed by atoms with van der Waals surface area (Å²) in [5, 5.41) is 6.65. The lowest BCUT2D eigenvalue weighted by molar-refractivity contribution is -0.119. The Hall–Kier alpha value is -0.780. The molecule has 162 valence electrons. The van der Waals surface area contributed by atoms with Crippen LogP contribution < -0.4 is 10.6 Å². The van der Waals surface area contributed by atoms with Crippen molar-refractivity contribution in [3.8, 4) is 0 Å². The van der Waals surface area contributed by atoms with Gasteiger partial charge in [0.05, 0.1) is 0 Å². The molecule has 28 heavy (non-hydrogen) atoms. The number of carbonyl (C=O) groups excluding carboxylic acids is 1. The summed E-state index contributed by atoms with van der Waals surface area (Å²) in [6.45, 7) is 8.46. The molecule has 2 atom stereocenters. The third-order valence-corrected chi connectivity index (χ3v) is 6.63. The number of amides is 1. The molecule has 2 aliphatic carbocycles. The van der Waals surface area contributed by atoms with Crippen molar-refractivity contribution in [2.45, 2.75) is 71.6 Å². The van der Waals surface area contributed by atoms with Crippen molar-refractivity contribution in [1.29, 1.82) is 0 Å². The fourth-order valence-electron chi connectivity index (χ4n) is 4.99. The highest BCUT2D eigenvalue weighted by Gasteiger charge is 2.35. The van der Waals surface area contributed by atoms with Crippen molar-refractivity contribution < 1.29 is 4.79 Å². The van der Waals surface area contributed by atoms with Crippen LogP contribution in [0.5, 0.6) is 0 Å². The zero-order valence-corrected chi connectivity index (χ0v) is 19.6. The smallest absolute Gasteiger partial charge is 0.241 e. The van der Waals surface area contributed by atoms with Gasteiger partial charge in [-0.05, 0) is 49.4 Å². The molecule has 3 fully saturated rings. The van der Waals surface area contributed by atoms with Crippen molar-refractivity contribution in [3.63, 3.8) is 0 Å². The van der Waals surface area contributed by atoms with Crippen molar-refractivity contribution in [3.05, 3.63) is 0 Å². The summed E-state index contributed by atoms with van der Waals surface area (Å²) in [5.74, 6) is 3.92. The number of halogens is 1. The van der Waals surface area contributed by atoms with Gasteiger partial charge in [-0.1, -0.05) is 46.0 Å². The number of fused-ring (bicyclic) bond motifs is 1. The predicted molar refractivity (Wildman–Crippen MR) is 122 cm³/mol. The first-order valence-corrected chi connectivity index (χ1v) is 11.4. The largest absolute Gasteiger partial charge is 0.356 e. The third kappa shape index (κ3) is 7.23. The van der Waals surface area contributed by atoms with Crippen LogP contribution in [0.4, 0.5) is 0 Å². The third-order valence-electron chi connectivity index (χ3n) is 6.63. The van der Waals surface area contributed by atoms with Gasteiger partial charge in [0, 0.05) is 26.2 Å². The highest BCUT2D eigenvalue weighted by Crippen LogP contribution is 2.36. The quantitative estimate of drug-likeness (QED) is 0.469. The standard InChI is InChI=1S/C22H40N4O.BrH/c1-17(2)12-23-21(27)14-25-22(24-13-18-8-4-3-5-9-18)26-15-19-10-6-7-11-20(19)16-26;/h17-20H,3-16H2,1-2H3,(H,23,27)(H,24,25);1H/t19-,20+;. The van der Waals surface area contributed by atoms with Crippen molar-refractivity contribution >= 4 is 28.8 Å². The Morgan fingerprint density at radius 3 is 2.18 bits per heavy atom. The first-order chi connectivity index (χ1) is 13.1. The van der Waals surface area contributed by atoms with Crippen LogP contribution in [-0.2, 0) is 4.79 Å². The Kier molecular flexibility index (Phi) is 10.1. The van der Waals surface area contributed by atoms with Crippen LogP contribution in [0.15, 0.2) is 4.99 Å². The van der Waals surface area contributed by atoms with Gasteiger partial charge in [-0.15, -0.1) is 17.0 Å². The molecule has 0 radical (unpaired) electrons. The summed E-state index contributed by atoms with van der Waals surface area (Å²) >= 11 is 0. The average Bonchev–Trinajstić information content (AvgIpc) is 3.11. The maximum atomic E-state index is 12.2. The van der Waals surface area contributed by atoms with E-state index in [9.17, 15) is 4.79 Å². The van der Waals surface area contributed by atoms with Gasteiger partial charge in [0.2, 0.25) is 5.91 Å². The van der Waals surface area contributed by atoms with Gasteiger partial charge in [-0.3, -0.25) is 4.79 Å². The molecule has 1 amide bonds. The fourth-order valence-corrected chi connectivity index (χ4v) is 4.99. The van der Waals surface area contributed by atoms with Crippen LogP contribution in [-0.4, -0.2) is 49.5 Å². The number of rotatable bonds is 6. The molecule has 0 unspecified atom stereocenters. The summed E-state index contributed by atoms with van der Waals surface area (Å²) < 4.78 is 0. The summed E-state index contributed by atoms with van der Waals surface area (Å²) in [6.07, 6.45) is 12.3. The van der Waals surface area contributed by atoms with Gasteiger partial charge >= 0.3 is 0 Å². The Morgan fingerprint density at radius 2 is 1.57 bits per heavy atom. The zero-order chi connectivity index (χ0) is 19.1. The van der Waals surface area contributed by atoms with Gasteiger partial charge in [0.1, 0.15) is 6.54 Å². The van der Waals surface area contributed by atoms with E-state index in [0.29, 0.717) is 5.92 Å². The molecule has 2 N–H and O–H groups in total. The highest BCUT2D eigenvalue weighted by molar-refractivity contribution is 8.93. The first-order valence-electron chi connectivity index (χ1n) is 11.4. The minimum absolute atomic E-state index is 0. The number of aliphatic imine (C=N–C) groups is 1. The molecular weight excluding hydrogens is 416 g/mol. The summed E-state index contributed by atoms with van der Waals surface area (Å²) in [5.41, 5.74) is 0. The lowest BCUT2D eigenvalue weighted by atomic mass is 9.82. The number of nitrogens with one attached hydrogen (secondary N) is 2. The Bertz CT molecular complexity index is 491. The monoisotopic (exact) mass is 456 g/mol. The lowest BCUT2D eigenvalue weighted by Crippen LogP contribution is -2.43.